The molecule has 1 rings (SSSR count). The van der Waals surface area contributed by atoms with Crippen LogP contribution in [0.4, 0.5) is 0 Å². The van der Waals surface area contributed by atoms with Gasteiger partial charge in [-0.3, -0.25) is 14.5 Å². The first-order valence-electron chi connectivity index (χ1n) is 4.12. The lowest BCUT2D eigenvalue weighted by Crippen LogP contribution is -2.46. The molecule has 0 saturated heterocycles. The molecule has 1 aliphatic heterocycles. The summed E-state index contributed by atoms with van der Waals surface area (Å²) in [7, 11) is 1.79. The van der Waals surface area contributed by atoms with Crippen LogP contribution in [0.2, 0.25) is 0 Å². The number of nitrogens with two attached hydrogens (primary N) is 1. The van der Waals surface area contributed by atoms with Crippen molar-refractivity contribution in [2.45, 2.75) is 12.6 Å². The molecule has 72 valence electrons. The van der Waals surface area contributed by atoms with Gasteiger partial charge >= 0.3 is 0 Å². The maximum absolute atomic E-state index is 11.1. The van der Waals surface area contributed by atoms with Gasteiger partial charge in [-0.25, -0.2) is 0 Å². The molecular formula is C8H13N3O2. The third-order valence-electron chi connectivity index (χ3n) is 1.87. The van der Waals surface area contributed by atoms with Crippen LogP contribution in [0.15, 0.2) is 12.2 Å². The first-order valence-corrected chi connectivity index (χ1v) is 4.12. The average molecular weight is 183 g/mol. The van der Waals surface area contributed by atoms with Crippen LogP contribution in [0.1, 0.15) is 6.42 Å². The Labute approximate surface area is 76.6 Å². The van der Waals surface area contributed by atoms with Gasteiger partial charge in [0.2, 0.25) is 0 Å². The van der Waals surface area contributed by atoms with E-state index in [-0.39, 0.29) is 11.8 Å². The minimum absolute atomic E-state index is 0.325. The summed E-state index contributed by atoms with van der Waals surface area (Å²) in [5.41, 5.74) is 5.65. The van der Waals surface area contributed by atoms with Crippen molar-refractivity contribution >= 4 is 11.8 Å². The van der Waals surface area contributed by atoms with E-state index in [4.69, 9.17) is 5.73 Å². The quantitative estimate of drug-likeness (QED) is 0.537. The summed E-state index contributed by atoms with van der Waals surface area (Å²) in [6, 6.07) is 0. The van der Waals surface area contributed by atoms with Crippen LogP contribution in [0, 0.1) is 0 Å². The van der Waals surface area contributed by atoms with E-state index < -0.39 is 6.17 Å². The molecule has 0 aliphatic carbocycles. The third kappa shape index (κ3) is 2.13. The van der Waals surface area contributed by atoms with E-state index in [9.17, 15) is 9.59 Å². The van der Waals surface area contributed by atoms with E-state index in [1.807, 2.05) is 0 Å². The number of nitrogens with one attached hydrogen (secondary N) is 1. The van der Waals surface area contributed by atoms with E-state index in [1.165, 1.54) is 12.2 Å². The third-order valence-corrected chi connectivity index (χ3v) is 1.87. The van der Waals surface area contributed by atoms with Crippen LogP contribution >= 0.6 is 0 Å². The van der Waals surface area contributed by atoms with Crippen molar-refractivity contribution in [1.29, 1.82) is 0 Å². The number of rotatable bonds is 4. The SMILES string of the molecule is CNCCC(N)N1C(=O)C=CC1=O. The zero-order chi connectivity index (χ0) is 9.84. The van der Waals surface area contributed by atoms with Crippen LogP contribution < -0.4 is 11.1 Å². The predicted molar refractivity (Wildman–Crippen MR) is 47.5 cm³/mol. The normalized spacial score (nSPS) is 18.5. The molecule has 5 nitrogen and oxygen atoms in total. The van der Waals surface area contributed by atoms with Gasteiger partial charge in [-0.1, -0.05) is 0 Å². The van der Waals surface area contributed by atoms with Gasteiger partial charge in [-0.15, -0.1) is 0 Å². The summed E-state index contributed by atoms with van der Waals surface area (Å²) in [4.78, 5) is 23.3. The lowest BCUT2D eigenvalue weighted by molar-refractivity contribution is -0.139. The second-order valence-corrected chi connectivity index (χ2v) is 2.84. The van der Waals surface area contributed by atoms with E-state index >= 15 is 0 Å². The highest BCUT2D eigenvalue weighted by Gasteiger charge is 2.28. The molecule has 13 heavy (non-hydrogen) atoms. The Balaban J connectivity index is 2.51. The lowest BCUT2D eigenvalue weighted by atomic mass is 10.3. The molecule has 0 aromatic rings. The fourth-order valence-corrected chi connectivity index (χ4v) is 1.16. The van der Waals surface area contributed by atoms with Crippen molar-refractivity contribution in [1.82, 2.24) is 10.2 Å². The second-order valence-electron chi connectivity index (χ2n) is 2.84. The molecule has 1 aliphatic rings. The summed E-state index contributed by atoms with van der Waals surface area (Å²) in [6.45, 7) is 0.679. The highest BCUT2D eigenvalue weighted by atomic mass is 16.2. The number of imide groups is 1. The molecule has 0 spiro atoms. The standard InChI is InChI=1S/C8H13N3O2/c1-10-5-4-6(9)11-7(12)2-3-8(11)13/h2-3,6,10H,4-5,9H2,1H3. The summed E-state index contributed by atoms with van der Waals surface area (Å²) in [5, 5.41) is 2.90. The zero-order valence-electron chi connectivity index (χ0n) is 7.49. The van der Waals surface area contributed by atoms with E-state index in [0.29, 0.717) is 13.0 Å². The Morgan fingerprint density at radius 3 is 2.46 bits per heavy atom. The topological polar surface area (TPSA) is 75.4 Å². The molecule has 1 atom stereocenters. The van der Waals surface area contributed by atoms with Crippen molar-refractivity contribution in [2.75, 3.05) is 13.6 Å². The van der Waals surface area contributed by atoms with Crippen molar-refractivity contribution in [2.24, 2.45) is 5.73 Å². The van der Waals surface area contributed by atoms with Crippen LogP contribution in [-0.4, -0.2) is 36.5 Å². The van der Waals surface area contributed by atoms with Crippen LogP contribution in [0.25, 0.3) is 0 Å². The fraction of sp³-hybridized carbons (Fsp3) is 0.500. The molecule has 0 aromatic carbocycles. The number of carbonyl (C=O) groups is 2. The van der Waals surface area contributed by atoms with Gasteiger partial charge in [0.25, 0.3) is 11.8 Å². The first kappa shape index (κ1) is 9.88. The van der Waals surface area contributed by atoms with E-state index in [2.05, 4.69) is 5.32 Å². The Morgan fingerprint density at radius 1 is 1.46 bits per heavy atom. The Morgan fingerprint density at radius 2 is 2.00 bits per heavy atom. The minimum Gasteiger partial charge on any atom is -0.320 e. The van der Waals surface area contributed by atoms with Gasteiger partial charge in [0.05, 0.1) is 6.17 Å². The molecule has 0 bridgehead atoms. The van der Waals surface area contributed by atoms with Crippen LogP contribution in [0.3, 0.4) is 0 Å². The first-order chi connectivity index (χ1) is 6.16. The van der Waals surface area contributed by atoms with Crippen molar-refractivity contribution in [3.63, 3.8) is 0 Å². The van der Waals surface area contributed by atoms with Gasteiger partial charge < -0.3 is 11.1 Å². The Bertz CT molecular complexity index is 232. The van der Waals surface area contributed by atoms with Gasteiger partial charge in [0.15, 0.2) is 0 Å². The van der Waals surface area contributed by atoms with E-state index in [1.54, 1.807) is 7.05 Å². The molecule has 1 unspecified atom stereocenters. The molecular weight excluding hydrogens is 170 g/mol. The molecule has 3 N–H and O–H groups in total. The Kier molecular flexibility index (Phi) is 3.16. The van der Waals surface area contributed by atoms with Gasteiger partial charge in [-0.2, -0.15) is 0 Å². The molecule has 5 heteroatoms. The van der Waals surface area contributed by atoms with Crippen molar-refractivity contribution in [3.05, 3.63) is 12.2 Å². The van der Waals surface area contributed by atoms with Gasteiger partial charge in [-0.05, 0) is 20.0 Å². The highest BCUT2D eigenvalue weighted by molar-refractivity contribution is 6.13. The minimum atomic E-state index is -0.526. The number of carbonyl (C=O) groups excluding carboxylic acids is 2. The monoisotopic (exact) mass is 183 g/mol. The molecule has 0 fully saturated rings. The van der Waals surface area contributed by atoms with Crippen molar-refractivity contribution in [3.8, 4) is 0 Å². The number of hydrogen-bond acceptors (Lipinski definition) is 4. The maximum Gasteiger partial charge on any atom is 0.254 e. The van der Waals surface area contributed by atoms with Crippen LogP contribution in [-0.2, 0) is 9.59 Å². The van der Waals surface area contributed by atoms with Gasteiger partial charge in [0.1, 0.15) is 0 Å². The molecule has 0 aromatic heterocycles. The largest absolute Gasteiger partial charge is 0.320 e. The van der Waals surface area contributed by atoms with Crippen LogP contribution in [0.5, 0.6) is 0 Å². The fourth-order valence-electron chi connectivity index (χ4n) is 1.16. The summed E-state index contributed by atoms with van der Waals surface area (Å²) in [6.07, 6.45) is 2.51. The Hall–Kier alpha value is -1.20. The molecule has 1 heterocycles. The lowest BCUT2D eigenvalue weighted by Gasteiger charge is -2.21. The van der Waals surface area contributed by atoms with E-state index in [0.717, 1.165) is 4.90 Å². The summed E-state index contributed by atoms with van der Waals surface area (Å²) < 4.78 is 0. The summed E-state index contributed by atoms with van der Waals surface area (Å²) >= 11 is 0. The highest BCUT2D eigenvalue weighted by Crippen LogP contribution is 2.07. The number of amides is 2. The second kappa shape index (κ2) is 4.15. The average Bonchev–Trinajstić information content (AvgIpc) is 2.42. The van der Waals surface area contributed by atoms with Gasteiger partial charge in [0, 0.05) is 12.2 Å². The number of nitrogens with zero attached hydrogens (tertiary/aromatic N) is 1. The summed E-state index contributed by atoms with van der Waals surface area (Å²) in [5.74, 6) is -0.651. The predicted octanol–water partition coefficient (Wildman–Crippen LogP) is -1.19. The molecule has 2 amide bonds. The molecule has 0 saturated carbocycles. The molecule has 0 radical (unpaired) electrons. The smallest absolute Gasteiger partial charge is 0.254 e. The zero-order valence-corrected chi connectivity index (χ0v) is 7.49. The van der Waals surface area contributed by atoms with Crippen molar-refractivity contribution < 1.29 is 9.59 Å². The number of hydrogen-bond donors (Lipinski definition) is 2. The maximum atomic E-state index is 11.1.